The topological polar surface area (TPSA) is 9.23 Å². The third kappa shape index (κ3) is 4.46. The van der Waals surface area contributed by atoms with Gasteiger partial charge in [-0.15, -0.1) is 0 Å². The molecule has 1 aromatic rings. The van der Waals surface area contributed by atoms with Crippen LogP contribution in [0.5, 0.6) is 0 Å². The lowest BCUT2D eigenvalue weighted by molar-refractivity contribution is 0.198. The van der Waals surface area contributed by atoms with Gasteiger partial charge in [-0.3, -0.25) is 0 Å². The highest BCUT2D eigenvalue weighted by Crippen LogP contribution is 2.35. The molecule has 0 atom stereocenters. The van der Waals surface area contributed by atoms with Gasteiger partial charge in [-0.05, 0) is 37.8 Å². The van der Waals surface area contributed by atoms with Gasteiger partial charge in [0.1, 0.15) is 6.61 Å². The Morgan fingerprint density at radius 2 is 2.12 bits per heavy atom. The first-order valence-corrected chi connectivity index (χ1v) is 6.14. The quantitative estimate of drug-likeness (QED) is 0.434. The van der Waals surface area contributed by atoms with Crippen LogP contribution in [0.1, 0.15) is 25.3 Å². The Labute approximate surface area is 103 Å². The summed E-state index contributed by atoms with van der Waals surface area (Å²) in [5.41, 5.74) is 2.52. The predicted molar refractivity (Wildman–Crippen MR) is 70.6 cm³/mol. The van der Waals surface area contributed by atoms with Crippen LogP contribution in [0, 0.1) is 17.8 Å². The summed E-state index contributed by atoms with van der Waals surface area (Å²) in [5.74, 6) is 6.93. The van der Waals surface area contributed by atoms with E-state index in [0.717, 1.165) is 11.5 Å². The van der Waals surface area contributed by atoms with Gasteiger partial charge in [0.05, 0.1) is 6.61 Å². The third-order valence-corrected chi connectivity index (χ3v) is 2.93. The standard InChI is InChI=1S/C16H18O/c1-14(16-9-10-16)11-13-17-12-5-8-15-6-3-2-4-7-15/h2-4,6-7,11,16H,9-10,12-13H2,1H3/b14-11+. The second kappa shape index (κ2) is 6.27. The van der Waals surface area contributed by atoms with E-state index in [9.17, 15) is 0 Å². The van der Waals surface area contributed by atoms with E-state index in [1.54, 1.807) is 0 Å². The highest BCUT2D eigenvalue weighted by Gasteiger charge is 2.22. The second-order valence-electron chi connectivity index (χ2n) is 4.41. The first kappa shape index (κ1) is 12.0. The number of hydrogen-bond acceptors (Lipinski definition) is 1. The first-order valence-electron chi connectivity index (χ1n) is 6.14. The summed E-state index contributed by atoms with van der Waals surface area (Å²) in [6.07, 6.45) is 4.90. The van der Waals surface area contributed by atoms with Gasteiger partial charge >= 0.3 is 0 Å². The Hall–Kier alpha value is -1.52. The summed E-state index contributed by atoms with van der Waals surface area (Å²) in [6.45, 7) is 3.38. The summed E-state index contributed by atoms with van der Waals surface area (Å²) >= 11 is 0. The van der Waals surface area contributed by atoms with E-state index in [0.29, 0.717) is 13.2 Å². The summed E-state index contributed by atoms with van der Waals surface area (Å²) in [7, 11) is 0. The van der Waals surface area contributed by atoms with Gasteiger partial charge in [0.2, 0.25) is 0 Å². The van der Waals surface area contributed by atoms with Crippen molar-refractivity contribution in [3.63, 3.8) is 0 Å². The molecule has 0 radical (unpaired) electrons. The van der Waals surface area contributed by atoms with Crippen LogP contribution >= 0.6 is 0 Å². The van der Waals surface area contributed by atoms with Gasteiger partial charge in [-0.25, -0.2) is 0 Å². The molecule has 0 aliphatic heterocycles. The van der Waals surface area contributed by atoms with Crippen molar-refractivity contribution in [2.75, 3.05) is 13.2 Å². The molecule has 17 heavy (non-hydrogen) atoms. The molecule has 0 aromatic heterocycles. The first-order chi connectivity index (χ1) is 8.36. The maximum atomic E-state index is 5.45. The molecule has 0 spiro atoms. The number of rotatable bonds is 4. The highest BCUT2D eigenvalue weighted by atomic mass is 16.5. The zero-order valence-electron chi connectivity index (χ0n) is 10.3. The third-order valence-electron chi connectivity index (χ3n) is 2.93. The predicted octanol–water partition coefficient (Wildman–Crippen LogP) is 3.41. The lowest BCUT2D eigenvalue weighted by Crippen LogP contribution is -1.93. The molecule has 0 N–H and O–H groups in total. The maximum absolute atomic E-state index is 5.45. The van der Waals surface area contributed by atoms with Crippen LogP contribution in [0.25, 0.3) is 0 Å². The number of allylic oxidation sites excluding steroid dienone is 1. The molecule has 1 fully saturated rings. The van der Waals surface area contributed by atoms with Gasteiger partial charge in [0.25, 0.3) is 0 Å². The molecule has 0 heterocycles. The Bertz CT molecular complexity index is 430. The van der Waals surface area contributed by atoms with Gasteiger partial charge in [0, 0.05) is 5.56 Å². The molecule has 0 unspecified atom stereocenters. The number of benzene rings is 1. The molecule has 88 valence electrons. The van der Waals surface area contributed by atoms with Crippen molar-refractivity contribution in [3.05, 3.63) is 47.5 Å². The minimum atomic E-state index is 0.503. The van der Waals surface area contributed by atoms with Crippen LogP contribution in [0.4, 0.5) is 0 Å². The van der Waals surface area contributed by atoms with Crippen LogP contribution in [-0.2, 0) is 4.74 Å². The molecule has 0 amide bonds. The molecule has 1 heteroatoms. The smallest absolute Gasteiger partial charge is 0.108 e. The Morgan fingerprint density at radius 1 is 1.35 bits per heavy atom. The average Bonchev–Trinajstić information content (AvgIpc) is 3.19. The summed E-state index contributed by atoms with van der Waals surface area (Å²) in [4.78, 5) is 0. The fourth-order valence-electron chi connectivity index (χ4n) is 1.67. The molecule has 1 aliphatic rings. The minimum Gasteiger partial charge on any atom is -0.365 e. The average molecular weight is 226 g/mol. The van der Waals surface area contributed by atoms with Crippen molar-refractivity contribution in [1.82, 2.24) is 0 Å². The second-order valence-corrected chi connectivity index (χ2v) is 4.41. The maximum Gasteiger partial charge on any atom is 0.108 e. The van der Waals surface area contributed by atoms with Crippen molar-refractivity contribution >= 4 is 0 Å². The van der Waals surface area contributed by atoms with Gasteiger partial charge in [-0.2, -0.15) is 0 Å². The van der Waals surface area contributed by atoms with E-state index in [-0.39, 0.29) is 0 Å². The normalized spacial score (nSPS) is 15.2. The van der Waals surface area contributed by atoms with E-state index in [1.165, 1.54) is 18.4 Å². The van der Waals surface area contributed by atoms with Crippen LogP contribution < -0.4 is 0 Å². The molecule has 1 saturated carbocycles. The SMILES string of the molecule is C/C(=C\COCC#Cc1ccccc1)C1CC1. The van der Waals surface area contributed by atoms with Crippen molar-refractivity contribution in [2.24, 2.45) is 5.92 Å². The summed E-state index contributed by atoms with van der Waals surface area (Å²) < 4.78 is 5.45. The van der Waals surface area contributed by atoms with Crippen molar-refractivity contribution in [3.8, 4) is 11.8 Å². The fraction of sp³-hybridized carbons (Fsp3) is 0.375. The van der Waals surface area contributed by atoms with Crippen molar-refractivity contribution < 1.29 is 4.74 Å². The Morgan fingerprint density at radius 3 is 2.82 bits per heavy atom. The van der Waals surface area contributed by atoms with Crippen molar-refractivity contribution in [1.29, 1.82) is 0 Å². The van der Waals surface area contributed by atoms with E-state index < -0.39 is 0 Å². The minimum absolute atomic E-state index is 0.503. The molecule has 1 aromatic carbocycles. The lowest BCUT2D eigenvalue weighted by atomic mass is 10.2. The molecular formula is C16H18O. The zero-order chi connectivity index (χ0) is 11.9. The Kier molecular flexibility index (Phi) is 4.41. The molecule has 1 nitrogen and oxygen atoms in total. The van der Waals surface area contributed by atoms with Crippen LogP contribution in [0.15, 0.2) is 42.0 Å². The van der Waals surface area contributed by atoms with E-state index in [1.807, 2.05) is 30.3 Å². The Balaban J connectivity index is 1.66. The fourth-order valence-corrected chi connectivity index (χ4v) is 1.67. The molecule has 0 bridgehead atoms. The van der Waals surface area contributed by atoms with E-state index >= 15 is 0 Å². The highest BCUT2D eigenvalue weighted by molar-refractivity contribution is 5.33. The van der Waals surface area contributed by atoms with E-state index in [4.69, 9.17) is 4.74 Å². The molecule has 2 rings (SSSR count). The van der Waals surface area contributed by atoms with Crippen LogP contribution in [0.3, 0.4) is 0 Å². The summed E-state index contributed by atoms with van der Waals surface area (Å²) in [6, 6.07) is 9.99. The van der Waals surface area contributed by atoms with Gasteiger partial charge in [0.15, 0.2) is 0 Å². The summed E-state index contributed by atoms with van der Waals surface area (Å²) in [5, 5.41) is 0. The van der Waals surface area contributed by atoms with Gasteiger partial charge < -0.3 is 4.74 Å². The molecule has 0 saturated heterocycles. The zero-order valence-corrected chi connectivity index (χ0v) is 10.3. The van der Waals surface area contributed by atoms with Gasteiger partial charge in [-0.1, -0.05) is 41.7 Å². The van der Waals surface area contributed by atoms with Crippen LogP contribution in [0.2, 0.25) is 0 Å². The monoisotopic (exact) mass is 226 g/mol. The number of hydrogen-bond donors (Lipinski definition) is 0. The largest absolute Gasteiger partial charge is 0.365 e. The molecular weight excluding hydrogens is 208 g/mol. The number of ether oxygens (including phenoxy) is 1. The lowest BCUT2D eigenvalue weighted by Gasteiger charge is -1.97. The van der Waals surface area contributed by atoms with Crippen LogP contribution in [-0.4, -0.2) is 13.2 Å². The van der Waals surface area contributed by atoms with Crippen molar-refractivity contribution in [2.45, 2.75) is 19.8 Å². The molecule has 1 aliphatic carbocycles. The van der Waals surface area contributed by atoms with E-state index in [2.05, 4.69) is 24.8 Å².